The van der Waals surface area contributed by atoms with Crippen LogP contribution in [0.25, 0.3) is 0 Å². The Morgan fingerprint density at radius 1 is 1.30 bits per heavy atom. The molecule has 7 heteroatoms. The quantitative estimate of drug-likeness (QED) is 0.356. The molecule has 1 aromatic carbocycles. The third kappa shape index (κ3) is 7.92. The van der Waals surface area contributed by atoms with Gasteiger partial charge in [0.25, 0.3) is 0 Å². The molecular formula is C16H25IN4OS. The average Bonchev–Trinajstić information content (AvgIpc) is 3.04. The number of benzene rings is 1. The van der Waals surface area contributed by atoms with Crippen LogP contribution in [-0.4, -0.2) is 42.5 Å². The van der Waals surface area contributed by atoms with Crippen molar-refractivity contribution in [2.45, 2.75) is 25.0 Å². The first-order valence-corrected chi connectivity index (χ1v) is 8.81. The number of rotatable bonds is 6. The average molecular weight is 448 g/mol. The lowest BCUT2D eigenvalue weighted by Gasteiger charge is -2.14. The van der Waals surface area contributed by atoms with Gasteiger partial charge in [-0.3, -0.25) is 4.79 Å². The summed E-state index contributed by atoms with van der Waals surface area (Å²) >= 11 is 2.00. The van der Waals surface area contributed by atoms with Gasteiger partial charge in [-0.15, -0.1) is 24.0 Å². The van der Waals surface area contributed by atoms with Crippen LogP contribution < -0.4 is 16.0 Å². The molecular weight excluding hydrogens is 423 g/mol. The number of nitrogens with one attached hydrogen (secondary N) is 3. The molecule has 1 aliphatic heterocycles. The maximum atomic E-state index is 11.9. The third-order valence-corrected chi connectivity index (χ3v) is 4.70. The van der Waals surface area contributed by atoms with Gasteiger partial charge in [-0.1, -0.05) is 18.2 Å². The molecule has 5 nitrogen and oxygen atoms in total. The van der Waals surface area contributed by atoms with Crippen LogP contribution in [0.4, 0.5) is 5.69 Å². The molecule has 1 unspecified atom stereocenters. The van der Waals surface area contributed by atoms with E-state index in [0.29, 0.717) is 11.2 Å². The smallest absolute Gasteiger partial charge is 0.246 e. The predicted octanol–water partition coefficient (Wildman–Crippen LogP) is 2.69. The lowest BCUT2D eigenvalue weighted by molar-refractivity contribution is -0.114. The Morgan fingerprint density at radius 3 is 2.74 bits per heavy atom. The van der Waals surface area contributed by atoms with E-state index in [4.69, 9.17) is 0 Å². The van der Waals surface area contributed by atoms with E-state index in [1.54, 1.807) is 0 Å². The van der Waals surface area contributed by atoms with Gasteiger partial charge < -0.3 is 16.0 Å². The zero-order valence-corrected chi connectivity index (χ0v) is 16.5. The highest BCUT2D eigenvalue weighted by Gasteiger charge is 2.15. The van der Waals surface area contributed by atoms with Crippen molar-refractivity contribution in [3.8, 4) is 0 Å². The van der Waals surface area contributed by atoms with Gasteiger partial charge in [0, 0.05) is 24.0 Å². The predicted molar refractivity (Wildman–Crippen MR) is 110 cm³/mol. The van der Waals surface area contributed by atoms with E-state index in [1.165, 1.54) is 18.6 Å². The van der Waals surface area contributed by atoms with Crippen LogP contribution in [0.1, 0.15) is 19.8 Å². The van der Waals surface area contributed by atoms with Gasteiger partial charge in [-0.25, -0.2) is 4.99 Å². The Kier molecular flexibility index (Phi) is 10.1. The van der Waals surface area contributed by atoms with Crippen molar-refractivity contribution < 1.29 is 4.79 Å². The summed E-state index contributed by atoms with van der Waals surface area (Å²) in [7, 11) is 0. The number of aliphatic imine (C=N–C) groups is 1. The molecule has 128 valence electrons. The number of anilines is 1. The summed E-state index contributed by atoms with van der Waals surface area (Å²) in [5.74, 6) is 1.84. The van der Waals surface area contributed by atoms with Crippen molar-refractivity contribution in [1.29, 1.82) is 0 Å². The number of amides is 1. The van der Waals surface area contributed by atoms with Gasteiger partial charge >= 0.3 is 0 Å². The second-order valence-electron chi connectivity index (χ2n) is 5.13. The van der Waals surface area contributed by atoms with E-state index in [2.05, 4.69) is 20.9 Å². The van der Waals surface area contributed by atoms with Crippen LogP contribution in [0.3, 0.4) is 0 Å². The Morgan fingerprint density at radius 2 is 2.09 bits per heavy atom. The normalized spacial score (nSPS) is 17.3. The van der Waals surface area contributed by atoms with E-state index in [0.717, 1.165) is 18.8 Å². The molecule has 1 atom stereocenters. The molecule has 0 saturated carbocycles. The highest BCUT2D eigenvalue weighted by Crippen LogP contribution is 2.25. The molecule has 0 spiro atoms. The summed E-state index contributed by atoms with van der Waals surface area (Å²) in [6.07, 6.45) is 2.55. The van der Waals surface area contributed by atoms with Gasteiger partial charge in [0.05, 0.1) is 0 Å². The lowest BCUT2D eigenvalue weighted by atomic mass is 10.2. The number of carbonyl (C=O) groups excluding carboxylic acids is 1. The van der Waals surface area contributed by atoms with Gasteiger partial charge in [0.15, 0.2) is 5.96 Å². The minimum Gasteiger partial charge on any atom is -0.357 e. The second kappa shape index (κ2) is 11.6. The summed E-state index contributed by atoms with van der Waals surface area (Å²) in [4.78, 5) is 16.2. The summed E-state index contributed by atoms with van der Waals surface area (Å²) < 4.78 is 0. The fourth-order valence-corrected chi connectivity index (χ4v) is 3.43. The maximum absolute atomic E-state index is 11.9. The minimum atomic E-state index is -0.112. The minimum absolute atomic E-state index is 0. The highest BCUT2D eigenvalue weighted by molar-refractivity contribution is 14.0. The first kappa shape index (κ1) is 20.1. The molecule has 0 radical (unpaired) electrons. The Hall–Kier alpha value is -0.960. The molecule has 1 heterocycles. The topological polar surface area (TPSA) is 65.5 Å². The van der Waals surface area contributed by atoms with Gasteiger partial charge in [0.2, 0.25) is 5.91 Å². The Labute approximate surface area is 159 Å². The van der Waals surface area contributed by atoms with E-state index < -0.39 is 0 Å². The van der Waals surface area contributed by atoms with Crippen LogP contribution >= 0.6 is 35.7 Å². The van der Waals surface area contributed by atoms with Gasteiger partial charge in [-0.05, 0) is 37.7 Å². The van der Waals surface area contributed by atoms with Gasteiger partial charge in [0.1, 0.15) is 6.54 Å². The summed E-state index contributed by atoms with van der Waals surface area (Å²) in [6, 6.07) is 9.43. The van der Waals surface area contributed by atoms with Crippen LogP contribution in [0.2, 0.25) is 0 Å². The lowest BCUT2D eigenvalue weighted by Crippen LogP contribution is -2.40. The summed E-state index contributed by atoms with van der Waals surface area (Å²) in [5, 5.41) is 9.98. The number of thioether (sulfide) groups is 1. The van der Waals surface area contributed by atoms with Crippen LogP contribution in [-0.2, 0) is 4.79 Å². The van der Waals surface area contributed by atoms with Crippen molar-refractivity contribution in [2.75, 3.05) is 30.7 Å². The molecule has 1 aliphatic rings. The number of halogens is 1. The number of hydrogen-bond acceptors (Lipinski definition) is 3. The molecule has 3 N–H and O–H groups in total. The van der Waals surface area contributed by atoms with E-state index in [9.17, 15) is 4.79 Å². The number of guanidine groups is 1. The van der Waals surface area contributed by atoms with Crippen molar-refractivity contribution >= 4 is 53.3 Å². The fraction of sp³-hybridized carbons (Fsp3) is 0.500. The molecule has 1 amide bonds. The Bertz CT molecular complexity index is 492. The molecule has 1 fully saturated rings. The SMILES string of the molecule is CCNC(=NCC(=O)Nc1ccccc1)NCC1CCCS1.I. The maximum Gasteiger partial charge on any atom is 0.246 e. The van der Waals surface area contributed by atoms with Crippen LogP contribution in [0.5, 0.6) is 0 Å². The number of carbonyl (C=O) groups is 1. The number of hydrogen-bond donors (Lipinski definition) is 3. The van der Waals surface area contributed by atoms with Crippen molar-refractivity contribution in [3.05, 3.63) is 30.3 Å². The second-order valence-corrected chi connectivity index (χ2v) is 6.53. The third-order valence-electron chi connectivity index (χ3n) is 3.30. The largest absolute Gasteiger partial charge is 0.357 e. The molecule has 0 aromatic heterocycles. The number of nitrogens with zero attached hydrogens (tertiary/aromatic N) is 1. The van der Waals surface area contributed by atoms with Crippen molar-refractivity contribution in [3.63, 3.8) is 0 Å². The monoisotopic (exact) mass is 448 g/mol. The van der Waals surface area contributed by atoms with E-state index in [-0.39, 0.29) is 36.4 Å². The Balaban J connectivity index is 0.00000264. The standard InChI is InChI=1S/C16H24N4OS.HI/c1-2-17-16(18-11-14-9-6-10-22-14)19-12-15(21)20-13-7-4-3-5-8-13;/h3-5,7-8,14H,2,6,9-12H2,1H3,(H,20,21)(H2,17,18,19);1H. The molecule has 1 saturated heterocycles. The van der Waals surface area contributed by atoms with Crippen molar-refractivity contribution in [1.82, 2.24) is 10.6 Å². The zero-order valence-electron chi connectivity index (χ0n) is 13.4. The van der Waals surface area contributed by atoms with E-state index in [1.807, 2.05) is 49.0 Å². The molecule has 0 aliphatic carbocycles. The van der Waals surface area contributed by atoms with Crippen LogP contribution in [0, 0.1) is 0 Å². The fourth-order valence-electron chi connectivity index (χ4n) is 2.23. The van der Waals surface area contributed by atoms with E-state index >= 15 is 0 Å². The molecule has 1 aromatic rings. The summed E-state index contributed by atoms with van der Waals surface area (Å²) in [6.45, 7) is 3.81. The first-order valence-electron chi connectivity index (χ1n) is 7.76. The summed E-state index contributed by atoms with van der Waals surface area (Å²) in [5.41, 5.74) is 0.794. The molecule has 0 bridgehead atoms. The zero-order chi connectivity index (χ0) is 15.6. The first-order chi connectivity index (χ1) is 10.8. The van der Waals surface area contributed by atoms with Crippen molar-refractivity contribution in [2.24, 2.45) is 4.99 Å². The molecule has 23 heavy (non-hydrogen) atoms. The van der Waals surface area contributed by atoms with Gasteiger partial charge in [-0.2, -0.15) is 11.8 Å². The highest BCUT2D eigenvalue weighted by atomic mass is 127. The molecule has 2 rings (SSSR count). The van der Waals surface area contributed by atoms with Crippen LogP contribution in [0.15, 0.2) is 35.3 Å². The number of para-hydroxylation sites is 1.